The van der Waals surface area contributed by atoms with Gasteiger partial charge in [0.15, 0.2) is 0 Å². The number of imidazole rings is 1. The topological polar surface area (TPSA) is 44.0 Å². The van der Waals surface area contributed by atoms with Crippen molar-refractivity contribution in [1.29, 1.82) is 0 Å². The molecule has 0 saturated carbocycles. The van der Waals surface area contributed by atoms with Gasteiger partial charge in [0.05, 0.1) is 36.1 Å². The Morgan fingerprint density at radius 3 is 1.64 bits per heavy atom. The zero-order chi connectivity index (χ0) is 60.9. The second-order valence-corrected chi connectivity index (χ2v) is 18.8. The smallest absolute Gasteiger partial charge is 0.268 e. The zero-order valence-corrected chi connectivity index (χ0v) is 44.5. The molecule has 0 radical (unpaired) electrons. The van der Waals surface area contributed by atoms with Gasteiger partial charge in [0.1, 0.15) is 5.82 Å². The fourth-order valence-electron chi connectivity index (χ4n) is 10.9. The van der Waals surface area contributed by atoms with Crippen LogP contribution in [0.3, 0.4) is 0 Å². The zero-order valence-electron chi connectivity index (χ0n) is 52.2. The van der Waals surface area contributed by atoms with Crippen LogP contribution in [0.4, 0.5) is 17.1 Å². The van der Waals surface area contributed by atoms with E-state index in [1.807, 2.05) is 128 Å². The third-order valence-electron chi connectivity index (χ3n) is 14.3. The van der Waals surface area contributed by atoms with Gasteiger partial charge in [-0.1, -0.05) is 205 Å². The van der Waals surface area contributed by atoms with E-state index in [1.54, 1.807) is 27.3 Å². The number of fused-ring (bicyclic) bond motifs is 7. The first-order chi connectivity index (χ1) is 43.4. The van der Waals surface area contributed by atoms with E-state index in [9.17, 15) is 5.48 Å². The third-order valence-corrected chi connectivity index (χ3v) is 14.3. The summed E-state index contributed by atoms with van der Waals surface area (Å²) in [4.78, 5) is 7.27. The van der Waals surface area contributed by atoms with Crippen molar-refractivity contribution in [2.75, 3.05) is 4.90 Å². The molecule has 15 rings (SSSR count). The minimum atomic E-state index is -0.584. The van der Waals surface area contributed by atoms with E-state index in [1.165, 1.54) is 0 Å². The molecule has 0 amide bonds. The maximum atomic E-state index is 9.17. The van der Waals surface area contributed by atoms with E-state index in [-0.39, 0.29) is 49.0 Å². The number of hydrogen-bond donors (Lipinski definition) is 0. The van der Waals surface area contributed by atoms with Gasteiger partial charge in [-0.3, -0.25) is 4.57 Å². The molecule has 8 heteroatoms. The van der Waals surface area contributed by atoms with Crippen LogP contribution in [-0.4, -0.2) is 18.7 Å². The molecule has 0 saturated heterocycles. The number of hydrogen-bond acceptors (Lipinski definition) is 3. The van der Waals surface area contributed by atoms with Crippen LogP contribution in [0.15, 0.2) is 279 Å². The first-order valence-corrected chi connectivity index (χ1v) is 25.6. The van der Waals surface area contributed by atoms with Gasteiger partial charge in [-0.2, -0.15) is 12.1 Å². The first-order valence-electron chi connectivity index (χ1n) is 30.6. The molecule has 15 aromatic rings. The maximum absolute atomic E-state index is 9.17. The largest absolute Gasteiger partial charge is 0.508 e. The summed E-state index contributed by atoms with van der Waals surface area (Å²) in [5.41, 5.74) is 8.71. The normalized spacial score (nSPS) is 13.2. The molecule has 0 aliphatic rings. The van der Waals surface area contributed by atoms with E-state index in [0.29, 0.717) is 45.2 Å². The molecule has 0 bridgehead atoms. The fraction of sp³-hybridized carbons (Fsp3) is 0. The van der Waals surface area contributed by atoms with Crippen LogP contribution in [0, 0.1) is 18.5 Å². The Labute approximate surface area is 491 Å². The Morgan fingerprint density at radius 1 is 0.475 bits per heavy atom. The van der Waals surface area contributed by atoms with Gasteiger partial charge in [0.25, 0.3) is 6.33 Å². The number of nitrogens with zero attached hydrogens (tertiary/aromatic N) is 6. The van der Waals surface area contributed by atoms with Crippen molar-refractivity contribution < 1.29 is 44.1 Å². The Kier molecular flexibility index (Phi) is 9.80. The van der Waals surface area contributed by atoms with Crippen LogP contribution in [0.2, 0.25) is 0 Å². The summed E-state index contributed by atoms with van der Waals surface area (Å²) >= 11 is 0. The van der Waals surface area contributed by atoms with E-state index in [0.717, 1.165) is 55.2 Å². The fourth-order valence-corrected chi connectivity index (χ4v) is 10.9. The van der Waals surface area contributed by atoms with E-state index in [2.05, 4.69) is 105 Å². The van der Waals surface area contributed by atoms with Crippen LogP contribution < -0.4 is 14.2 Å². The quantitative estimate of drug-likeness (QED) is 0.0957. The SMILES string of the molecule is [2H]c1c([2H])c([2H])c(-c2cccc(-c3c([2H])c([2H])c([2H])c([2H])c3[2H])c2-[n+]2[c-]n(-c3[c-]c(Oc4[c-]c5c(cc4-n4c6ccccc6c6ccccc64)c4ccccc4n5-c4cc(N(c5ccccc5)c5ccccc5)ccn4)ccc3)c3ccccc32)c([2H])c1[2H].[Pt]. The summed E-state index contributed by atoms with van der Waals surface area (Å²) in [6, 6.07) is 71.0. The Balaban J connectivity index is 0.00000707. The van der Waals surface area contributed by atoms with Crippen molar-refractivity contribution in [3.05, 3.63) is 297 Å². The number of aromatic nitrogens is 5. The van der Waals surface area contributed by atoms with Crippen LogP contribution in [0.25, 0.3) is 99.8 Å². The molecule has 0 fully saturated rings. The molecular weight excluding hydrogens is 1160 g/mol. The molecule has 0 unspecified atom stereocenters. The number of ether oxygens (including phenoxy) is 1. The molecule has 7 nitrogen and oxygen atoms in total. The van der Waals surface area contributed by atoms with Crippen molar-refractivity contribution in [1.82, 2.24) is 18.7 Å². The molecule has 0 spiro atoms. The molecule has 0 atom stereocenters. The monoisotopic (exact) mass is 1220 g/mol. The predicted molar refractivity (Wildman–Crippen MR) is 320 cm³/mol. The Bertz CT molecular complexity index is 5160. The molecule has 0 aliphatic heterocycles. The Morgan fingerprint density at radius 2 is 1.01 bits per heavy atom. The van der Waals surface area contributed by atoms with Crippen LogP contribution in [0.1, 0.15) is 13.7 Å². The van der Waals surface area contributed by atoms with Gasteiger partial charge < -0.3 is 23.3 Å². The van der Waals surface area contributed by atoms with E-state index >= 15 is 0 Å². The summed E-state index contributed by atoms with van der Waals surface area (Å²) in [5, 5.41) is 3.99. The summed E-state index contributed by atoms with van der Waals surface area (Å²) in [6.45, 7) is 0. The van der Waals surface area contributed by atoms with Gasteiger partial charge in [-0.15, -0.1) is 24.3 Å². The molecule has 382 valence electrons. The summed E-state index contributed by atoms with van der Waals surface area (Å²) < 4.78 is 103. The third kappa shape index (κ3) is 8.26. The van der Waals surface area contributed by atoms with Crippen molar-refractivity contribution in [2.24, 2.45) is 0 Å². The second-order valence-electron chi connectivity index (χ2n) is 18.8. The Hall–Kier alpha value is -10.1. The molecule has 0 N–H and O–H groups in total. The van der Waals surface area contributed by atoms with Crippen molar-refractivity contribution in [3.8, 4) is 56.6 Å². The first kappa shape index (κ1) is 38.5. The van der Waals surface area contributed by atoms with Crippen molar-refractivity contribution >= 4 is 71.7 Å². The standard InChI is InChI=1S/C72H46N6O.Pt/c1-5-23-50(24-6-1)57-36-22-37-58(51-25-7-2-8-26-51)72(57)75-49-74(66-41-19-20-42-67(66)75)54-31-21-32-56(45-54)79-70-48-68-62(47-69(70)77-63-38-16-13-33-59(63)60-34-14-17-39-64(60)77)61-35-15-18-40-65(61)78(68)71-46-55(43-44-73-71)76(52-27-9-3-10-28-52)53-29-11-4-12-30-53;/h1-44,46-47H;/q-2;/i1D,2D,5D,6D,7D,8D,23D,24D,25D,26D;. The molecule has 4 heterocycles. The van der Waals surface area contributed by atoms with Crippen molar-refractivity contribution in [3.63, 3.8) is 0 Å². The summed E-state index contributed by atoms with van der Waals surface area (Å²) in [6.07, 6.45) is 5.30. The van der Waals surface area contributed by atoms with Crippen LogP contribution >= 0.6 is 0 Å². The van der Waals surface area contributed by atoms with Gasteiger partial charge in [-0.25, -0.2) is 4.98 Å². The molecule has 4 aromatic heterocycles. The van der Waals surface area contributed by atoms with Gasteiger partial charge in [-0.05, 0) is 87.5 Å². The van der Waals surface area contributed by atoms with E-state index in [4.69, 9.17) is 17.9 Å². The number of rotatable bonds is 11. The average molecular weight is 1220 g/mol. The summed E-state index contributed by atoms with van der Waals surface area (Å²) in [5.74, 6) is 1.33. The predicted octanol–water partition coefficient (Wildman–Crippen LogP) is 17.5. The maximum Gasteiger partial charge on any atom is 0.268 e. The van der Waals surface area contributed by atoms with Crippen molar-refractivity contribution in [2.45, 2.75) is 0 Å². The van der Waals surface area contributed by atoms with Gasteiger partial charge in [0, 0.05) is 83.5 Å². The molecule has 0 aliphatic carbocycles. The van der Waals surface area contributed by atoms with Crippen LogP contribution in [0.5, 0.6) is 11.5 Å². The van der Waals surface area contributed by atoms with E-state index < -0.39 is 60.4 Å². The molecule has 80 heavy (non-hydrogen) atoms. The average Bonchev–Trinajstić information content (AvgIpc) is 1.49. The van der Waals surface area contributed by atoms with Gasteiger partial charge >= 0.3 is 0 Å². The second kappa shape index (κ2) is 20.4. The number of benzene rings is 11. The molecular formula is C72H46N6OPt-2. The number of para-hydroxylation sites is 8. The number of pyridine rings is 1. The summed E-state index contributed by atoms with van der Waals surface area (Å²) in [7, 11) is 0. The molecule has 11 aromatic carbocycles. The van der Waals surface area contributed by atoms with Crippen LogP contribution in [-0.2, 0) is 21.1 Å². The minimum Gasteiger partial charge on any atom is -0.508 e. The minimum absolute atomic E-state index is 0. The van der Waals surface area contributed by atoms with Gasteiger partial charge in [0.2, 0.25) is 0 Å². The number of anilines is 3.